The van der Waals surface area contributed by atoms with Crippen LogP contribution in [-0.4, -0.2) is 30.8 Å². The number of rotatable bonds is 5. The normalized spacial score (nSPS) is 21.8. The monoisotopic (exact) mass is 265 g/mol. The Bertz CT molecular complexity index is 346. The van der Waals surface area contributed by atoms with Crippen LogP contribution >= 0.6 is 11.8 Å². The van der Waals surface area contributed by atoms with Gasteiger partial charge in [-0.25, -0.2) is 0 Å². The Hall–Kier alpha value is -0.510. The fourth-order valence-corrected chi connectivity index (χ4v) is 3.24. The number of likely N-dealkylation sites (N-methyl/N-ethyl adjacent to an activating group) is 1. The van der Waals surface area contributed by atoms with E-state index in [4.69, 9.17) is 4.74 Å². The summed E-state index contributed by atoms with van der Waals surface area (Å²) in [5.74, 6) is 2.22. The summed E-state index contributed by atoms with van der Waals surface area (Å²) in [6.07, 6.45) is 1.40. The lowest BCUT2D eigenvalue weighted by Gasteiger charge is -2.31. The average molecular weight is 265 g/mol. The molecule has 3 heteroatoms. The second kappa shape index (κ2) is 7.17. The average Bonchev–Trinajstić information content (AvgIpc) is 2.46. The first kappa shape index (κ1) is 13.9. The quantitative estimate of drug-likeness (QED) is 0.884. The highest BCUT2D eigenvalue weighted by atomic mass is 32.2. The Morgan fingerprint density at radius 1 is 1.33 bits per heavy atom. The minimum atomic E-state index is 0.302. The number of hydrogen-bond donors (Lipinski definition) is 1. The van der Waals surface area contributed by atoms with Gasteiger partial charge >= 0.3 is 0 Å². The van der Waals surface area contributed by atoms with E-state index in [1.807, 2.05) is 11.8 Å². The number of aryl methyl sites for hydroxylation is 1. The van der Waals surface area contributed by atoms with Crippen molar-refractivity contribution in [2.24, 2.45) is 0 Å². The molecule has 2 rings (SSSR count). The molecule has 0 saturated carbocycles. The maximum atomic E-state index is 5.92. The number of hydrogen-bond acceptors (Lipinski definition) is 3. The lowest BCUT2D eigenvalue weighted by Crippen LogP contribution is -2.38. The molecule has 2 nitrogen and oxygen atoms in total. The molecule has 1 fully saturated rings. The third kappa shape index (κ3) is 3.50. The number of ether oxygens (including phenoxy) is 1. The van der Waals surface area contributed by atoms with Crippen molar-refractivity contribution in [3.05, 3.63) is 35.4 Å². The summed E-state index contributed by atoms with van der Waals surface area (Å²) >= 11 is 1.99. The SMILES string of the molecule is CCNC(c1ccc(CC)cc1)C1CSCCO1. The smallest absolute Gasteiger partial charge is 0.0860 e. The lowest BCUT2D eigenvalue weighted by atomic mass is 10.00. The van der Waals surface area contributed by atoms with E-state index < -0.39 is 0 Å². The largest absolute Gasteiger partial charge is 0.375 e. The van der Waals surface area contributed by atoms with E-state index in [0.717, 1.165) is 31.1 Å². The minimum absolute atomic E-state index is 0.302. The highest BCUT2D eigenvalue weighted by Gasteiger charge is 2.25. The van der Waals surface area contributed by atoms with Gasteiger partial charge in [-0.2, -0.15) is 11.8 Å². The first-order chi connectivity index (χ1) is 8.85. The molecule has 0 bridgehead atoms. The Labute approximate surface area is 114 Å². The van der Waals surface area contributed by atoms with E-state index in [1.165, 1.54) is 11.1 Å². The van der Waals surface area contributed by atoms with Crippen LogP contribution in [0.2, 0.25) is 0 Å². The summed E-state index contributed by atoms with van der Waals surface area (Å²) < 4.78 is 5.92. The molecular weight excluding hydrogens is 242 g/mol. The van der Waals surface area contributed by atoms with E-state index >= 15 is 0 Å². The summed E-state index contributed by atoms with van der Waals surface area (Å²) in [5, 5.41) is 3.57. The van der Waals surface area contributed by atoms with Crippen molar-refractivity contribution >= 4 is 11.8 Å². The van der Waals surface area contributed by atoms with E-state index in [-0.39, 0.29) is 0 Å². The van der Waals surface area contributed by atoms with Crippen LogP contribution in [0.4, 0.5) is 0 Å². The van der Waals surface area contributed by atoms with Gasteiger partial charge in [-0.1, -0.05) is 38.1 Å². The standard InChI is InChI=1S/C15H23NOS/c1-3-12-5-7-13(8-6-12)15(16-4-2)14-11-18-10-9-17-14/h5-8,14-16H,3-4,9-11H2,1-2H3. The lowest BCUT2D eigenvalue weighted by molar-refractivity contribution is 0.0472. The Morgan fingerprint density at radius 3 is 2.67 bits per heavy atom. The summed E-state index contributed by atoms with van der Waals surface area (Å²) in [4.78, 5) is 0. The molecule has 0 spiro atoms. The number of thioether (sulfide) groups is 1. The van der Waals surface area contributed by atoms with Gasteiger partial charge in [0.1, 0.15) is 0 Å². The summed E-state index contributed by atoms with van der Waals surface area (Å²) in [6, 6.07) is 9.28. The van der Waals surface area contributed by atoms with Crippen molar-refractivity contribution in [3.8, 4) is 0 Å². The zero-order valence-corrected chi connectivity index (χ0v) is 12.1. The molecule has 2 unspecified atom stereocenters. The predicted molar refractivity (Wildman–Crippen MR) is 79.3 cm³/mol. The Balaban J connectivity index is 2.11. The molecule has 1 aliphatic rings. The molecule has 0 amide bonds. The van der Waals surface area contributed by atoms with Crippen LogP contribution in [0.25, 0.3) is 0 Å². The van der Waals surface area contributed by atoms with E-state index in [1.54, 1.807) is 0 Å². The fraction of sp³-hybridized carbons (Fsp3) is 0.600. The van der Waals surface area contributed by atoms with Gasteiger partial charge in [0.25, 0.3) is 0 Å². The van der Waals surface area contributed by atoms with Gasteiger partial charge in [0.2, 0.25) is 0 Å². The molecule has 100 valence electrons. The number of nitrogens with one attached hydrogen (secondary N) is 1. The van der Waals surface area contributed by atoms with Crippen LogP contribution in [0.15, 0.2) is 24.3 Å². The minimum Gasteiger partial charge on any atom is -0.375 e. The molecular formula is C15H23NOS. The Kier molecular flexibility index (Phi) is 5.54. The van der Waals surface area contributed by atoms with Crippen molar-refractivity contribution in [1.82, 2.24) is 5.32 Å². The molecule has 0 radical (unpaired) electrons. The van der Waals surface area contributed by atoms with Gasteiger partial charge in [-0.05, 0) is 24.1 Å². The van der Waals surface area contributed by atoms with Crippen LogP contribution in [0.1, 0.15) is 31.0 Å². The van der Waals surface area contributed by atoms with Gasteiger partial charge in [-0.15, -0.1) is 0 Å². The van der Waals surface area contributed by atoms with E-state index in [9.17, 15) is 0 Å². The van der Waals surface area contributed by atoms with Gasteiger partial charge in [0.15, 0.2) is 0 Å². The van der Waals surface area contributed by atoms with Gasteiger partial charge in [0, 0.05) is 11.5 Å². The maximum Gasteiger partial charge on any atom is 0.0860 e. The molecule has 1 saturated heterocycles. The third-order valence-electron chi connectivity index (χ3n) is 3.38. The van der Waals surface area contributed by atoms with Crippen molar-refractivity contribution in [3.63, 3.8) is 0 Å². The second-order valence-corrected chi connectivity index (χ2v) is 5.76. The van der Waals surface area contributed by atoms with Gasteiger partial charge < -0.3 is 10.1 Å². The first-order valence-electron chi connectivity index (χ1n) is 6.86. The molecule has 1 heterocycles. The Morgan fingerprint density at radius 2 is 2.11 bits per heavy atom. The molecule has 18 heavy (non-hydrogen) atoms. The second-order valence-electron chi connectivity index (χ2n) is 4.61. The molecule has 1 N–H and O–H groups in total. The molecule has 1 aliphatic heterocycles. The molecule has 0 aliphatic carbocycles. The zero-order valence-electron chi connectivity index (χ0n) is 11.3. The van der Waals surface area contributed by atoms with Crippen LogP contribution in [-0.2, 0) is 11.2 Å². The first-order valence-corrected chi connectivity index (χ1v) is 8.02. The van der Waals surface area contributed by atoms with Gasteiger partial charge in [-0.3, -0.25) is 0 Å². The highest BCUT2D eigenvalue weighted by Crippen LogP contribution is 2.25. The summed E-state index contributed by atoms with van der Waals surface area (Å²) in [6.45, 7) is 6.20. The van der Waals surface area contributed by atoms with Crippen LogP contribution in [0.5, 0.6) is 0 Å². The van der Waals surface area contributed by atoms with E-state index in [2.05, 4.69) is 43.4 Å². The van der Waals surface area contributed by atoms with Crippen molar-refractivity contribution in [2.45, 2.75) is 32.4 Å². The number of benzene rings is 1. The van der Waals surface area contributed by atoms with Crippen molar-refractivity contribution in [2.75, 3.05) is 24.7 Å². The van der Waals surface area contributed by atoms with Crippen LogP contribution < -0.4 is 5.32 Å². The fourth-order valence-electron chi connectivity index (χ4n) is 2.34. The summed E-state index contributed by atoms with van der Waals surface area (Å²) in [7, 11) is 0. The zero-order chi connectivity index (χ0) is 12.8. The molecule has 1 aromatic rings. The van der Waals surface area contributed by atoms with Crippen molar-refractivity contribution < 1.29 is 4.74 Å². The summed E-state index contributed by atoms with van der Waals surface area (Å²) in [5.41, 5.74) is 2.74. The molecule has 2 atom stereocenters. The molecule has 0 aromatic heterocycles. The topological polar surface area (TPSA) is 21.3 Å². The van der Waals surface area contributed by atoms with Crippen LogP contribution in [0, 0.1) is 0 Å². The van der Waals surface area contributed by atoms with Crippen molar-refractivity contribution in [1.29, 1.82) is 0 Å². The van der Waals surface area contributed by atoms with E-state index in [0.29, 0.717) is 12.1 Å². The third-order valence-corrected chi connectivity index (χ3v) is 4.40. The predicted octanol–water partition coefficient (Wildman–Crippen LogP) is 3.03. The molecule has 1 aromatic carbocycles. The maximum absolute atomic E-state index is 5.92. The van der Waals surface area contributed by atoms with Crippen LogP contribution in [0.3, 0.4) is 0 Å². The highest BCUT2D eigenvalue weighted by molar-refractivity contribution is 7.99. The van der Waals surface area contributed by atoms with Gasteiger partial charge in [0.05, 0.1) is 18.8 Å².